The summed E-state index contributed by atoms with van der Waals surface area (Å²) in [4.78, 5) is 7.22. The van der Waals surface area contributed by atoms with Gasteiger partial charge in [0.05, 0.1) is 19.3 Å². The maximum atomic E-state index is 9.62. The standard InChI is InChI=1S/C24H42N4O2/c1-5-25-24(26-12-6-13-28-14-9-22(29)10-15-28)27-18-21-8-7-20(4)17-23(21)30-16-11-19(2)3/h7-8,17,19,22,29H,5-6,9-16,18H2,1-4H3,(H2,25,26,27). The molecule has 1 aromatic rings. The molecule has 30 heavy (non-hydrogen) atoms. The maximum absolute atomic E-state index is 9.62. The summed E-state index contributed by atoms with van der Waals surface area (Å²) in [5.74, 6) is 2.43. The fourth-order valence-corrected chi connectivity index (χ4v) is 3.49. The molecule has 0 bridgehead atoms. The molecule has 0 aromatic heterocycles. The molecule has 0 saturated carbocycles. The number of aliphatic hydroxyl groups is 1. The van der Waals surface area contributed by atoms with Crippen LogP contribution in [0.2, 0.25) is 0 Å². The lowest BCUT2D eigenvalue weighted by Gasteiger charge is -2.29. The van der Waals surface area contributed by atoms with E-state index >= 15 is 0 Å². The normalized spacial score (nSPS) is 16.1. The summed E-state index contributed by atoms with van der Waals surface area (Å²) in [6.07, 6.45) is 3.81. The first-order chi connectivity index (χ1) is 14.5. The molecule has 0 spiro atoms. The Balaban J connectivity index is 1.84. The molecule has 0 amide bonds. The van der Waals surface area contributed by atoms with E-state index in [1.165, 1.54) is 5.56 Å². The Labute approximate surface area is 183 Å². The number of hydrogen-bond acceptors (Lipinski definition) is 4. The molecule has 1 saturated heterocycles. The Kier molecular flexibility index (Phi) is 11.0. The molecule has 1 heterocycles. The first-order valence-electron chi connectivity index (χ1n) is 11.6. The number of nitrogens with zero attached hydrogens (tertiary/aromatic N) is 2. The van der Waals surface area contributed by atoms with Crippen LogP contribution in [-0.2, 0) is 6.54 Å². The number of guanidine groups is 1. The summed E-state index contributed by atoms with van der Waals surface area (Å²) < 4.78 is 6.06. The van der Waals surface area contributed by atoms with Crippen LogP contribution in [0.5, 0.6) is 5.75 Å². The molecule has 170 valence electrons. The third kappa shape index (κ3) is 9.35. The summed E-state index contributed by atoms with van der Waals surface area (Å²) in [6, 6.07) is 6.36. The molecule has 6 heteroatoms. The molecule has 0 aliphatic carbocycles. The van der Waals surface area contributed by atoms with Crippen LogP contribution in [0.25, 0.3) is 0 Å². The van der Waals surface area contributed by atoms with E-state index < -0.39 is 0 Å². The van der Waals surface area contributed by atoms with Crippen LogP contribution in [-0.4, -0.2) is 61.4 Å². The van der Waals surface area contributed by atoms with Gasteiger partial charge >= 0.3 is 0 Å². The first kappa shape index (κ1) is 24.5. The highest BCUT2D eigenvalue weighted by molar-refractivity contribution is 5.79. The zero-order chi connectivity index (χ0) is 21.8. The SMILES string of the molecule is CCNC(=NCc1ccc(C)cc1OCCC(C)C)NCCCN1CCC(O)CC1. The average molecular weight is 419 g/mol. The molecule has 3 N–H and O–H groups in total. The second-order valence-corrected chi connectivity index (χ2v) is 8.69. The number of piperidine rings is 1. The van der Waals surface area contributed by atoms with Gasteiger partial charge in [-0.1, -0.05) is 26.0 Å². The van der Waals surface area contributed by atoms with Crippen LogP contribution in [0, 0.1) is 12.8 Å². The highest BCUT2D eigenvalue weighted by atomic mass is 16.5. The van der Waals surface area contributed by atoms with Crippen molar-refractivity contribution in [3.8, 4) is 5.75 Å². The van der Waals surface area contributed by atoms with E-state index in [0.29, 0.717) is 12.5 Å². The van der Waals surface area contributed by atoms with Crippen LogP contribution in [0.1, 0.15) is 57.6 Å². The highest BCUT2D eigenvalue weighted by Crippen LogP contribution is 2.22. The Morgan fingerprint density at radius 3 is 2.73 bits per heavy atom. The number of nitrogens with one attached hydrogen (secondary N) is 2. The van der Waals surface area contributed by atoms with E-state index in [4.69, 9.17) is 9.73 Å². The van der Waals surface area contributed by atoms with Gasteiger partial charge in [0.25, 0.3) is 0 Å². The molecular formula is C24H42N4O2. The van der Waals surface area contributed by atoms with E-state index in [0.717, 1.165) is 82.3 Å². The van der Waals surface area contributed by atoms with Crippen molar-refractivity contribution in [1.82, 2.24) is 15.5 Å². The van der Waals surface area contributed by atoms with Gasteiger partial charge in [0.15, 0.2) is 5.96 Å². The van der Waals surface area contributed by atoms with Crippen molar-refractivity contribution in [2.75, 3.05) is 39.3 Å². The van der Waals surface area contributed by atoms with Gasteiger partial charge in [0.2, 0.25) is 0 Å². The summed E-state index contributed by atoms with van der Waals surface area (Å²) in [5.41, 5.74) is 2.32. The Morgan fingerprint density at radius 2 is 2.03 bits per heavy atom. The predicted octanol–water partition coefficient (Wildman–Crippen LogP) is 3.32. The third-order valence-corrected chi connectivity index (χ3v) is 5.43. The highest BCUT2D eigenvalue weighted by Gasteiger charge is 2.16. The molecule has 1 aromatic carbocycles. The first-order valence-corrected chi connectivity index (χ1v) is 11.6. The molecular weight excluding hydrogens is 376 g/mol. The summed E-state index contributed by atoms with van der Waals surface area (Å²) in [6.45, 7) is 14.7. The maximum Gasteiger partial charge on any atom is 0.191 e. The van der Waals surface area contributed by atoms with Crippen molar-refractivity contribution in [1.29, 1.82) is 0 Å². The van der Waals surface area contributed by atoms with Gasteiger partial charge < -0.3 is 25.4 Å². The third-order valence-electron chi connectivity index (χ3n) is 5.43. The van der Waals surface area contributed by atoms with E-state index in [9.17, 15) is 5.11 Å². The minimum Gasteiger partial charge on any atom is -0.493 e. The van der Waals surface area contributed by atoms with Crippen molar-refractivity contribution < 1.29 is 9.84 Å². The smallest absolute Gasteiger partial charge is 0.191 e. The van der Waals surface area contributed by atoms with Gasteiger partial charge in [-0.25, -0.2) is 4.99 Å². The van der Waals surface area contributed by atoms with E-state index in [2.05, 4.69) is 61.4 Å². The van der Waals surface area contributed by atoms with Crippen molar-refractivity contribution in [2.24, 2.45) is 10.9 Å². The van der Waals surface area contributed by atoms with Gasteiger partial charge in [-0.05, 0) is 63.6 Å². The van der Waals surface area contributed by atoms with Crippen LogP contribution in [0.4, 0.5) is 0 Å². The van der Waals surface area contributed by atoms with Crippen LogP contribution in [0.3, 0.4) is 0 Å². The molecule has 0 radical (unpaired) electrons. The van der Waals surface area contributed by atoms with Crippen LogP contribution >= 0.6 is 0 Å². The summed E-state index contributed by atoms with van der Waals surface area (Å²) in [5, 5.41) is 16.4. The number of rotatable bonds is 11. The fraction of sp³-hybridized carbons (Fsp3) is 0.708. The second kappa shape index (κ2) is 13.5. The Bertz CT molecular complexity index is 640. The second-order valence-electron chi connectivity index (χ2n) is 8.69. The van der Waals surface area contributed by atoms with E-state index in [1.54, 1.807) is 0 Å². The van der Waals surface area contributed by atoms with Crippen molar-refractivity contribution in [3.63, 3.8) is 0 Å². The number of aliphatic imine (C=N–C) groups is 1. The predicted molar refractivity (Wildman–Crippen MR) is 125 cm³/mol. The largest absolute Gasteiger partial charge is 0.493 e. The number of aryl methyl sites for hydroxylation is 1. The molecule has 2 rings (SSSR count). The molecule has 1 aliphatic rings. The van der Waals surface area contributed by atoms with Crippen LogP contribution in [0.15, 0.2) is 23.2 Å². The van der Waals surface area contributed by atoms with Gasteiger partial charge in [-0.15, -0.1) is 0 Å². The van der Waals surface area contributed by atoms with Gasteiger partial charge in [-0.3, -0.25) is 0 Å². The minimum atomic E-state index is -0.104. The fourth-order valence-electron chi connectivity index (χ4n) is 3.49. The molecule has 0 atom stereocenters. The average Bonchev–Trinajstić information content (AvgIpc) is 2.71. The summed E-state index contributed by atoms with van der Waals surface area (Å²) >= 11 is 0. The quantitative estimate of drug-likeness (QED) is 0.292. The topological polar surface area (TPSA) is 69.1 Å². The summed E-state index contributed by atoms with van der Waals surface area (Å²) in [7, 11) is 0. The number of aliphatic hydroxyl groups excluding tert-OH is 1. The van der Waals surface area contributed by atoms with Crippen molar-refractivity contribution in [2.45, 2.75) is 66.0 Å². The number of likely N-dealkylation sites (tertiary alicyclic amines) is 1. The number of benzene rings is 1. The molecule has 6 nitrogen and oxygen atoms in total. The van der Waals surface area contributed by atoms with Crippen LogP contribution < -0.4 is 15.4 Å². The van der Waals surface area contributed by atoms with Crippen molar-refractivity contribution >= 4 is 5.96 Å². The Hall–Kier alpha value is -1.79. The lowest BCUT2D eigenvalue weighted by atomic mass is 10.1. The molecule has 1 fully saturated rings. The van der Waals surface area contributed by atoms with E-state index in [-0.39, 0.29) is 6.10 Å². The number of hydrogen-bond donors (Lipinski definition) is 3. The molecule has 1 aliphatic heterocycles. The zero-order valence-corrected chi connectivity index (χ0v) is 19.4. The van der Waals surface area contributed by atoms with Gasteiger partial charge in [0.1, 0.15) is 5.75 Å². The van der Waals surface area contributed by atoms with Gasteiger partial charge in [0, 0.05) is 31.7 Å². The van der Waals surface area contributed by atoms with Crippen molar-refractivity contribution in [3.05, 3.63) is 29.3 Å². The monoisotopic (exact) mass is 418 g/mol. The Morgan fingerprint density at radius 1 is 1.27 bits per heavy atom. The minimum absolute atomic E-state index is 0.104. The lowest BCUT2D eigenvalue weighted by molar-refractivity contribution is 0.0823. The molecule has 0 unspecified atom stereocenters. The lowest BCUT2D eigenvalue weighted by Crippen LogP contribution is -2.40. The zero-order valence-electron chi connectivity index (χ0n) is 19.4. The number of ether oxygens (including phenoxy) is 1. The van der Waals surface area contributed by atoms with Gasteiger partial charge in [-0.2, -0.15) is 0 Å². The van der Waals surface area contributed by atoms with E-state index in [1.807, 2.05) is 0 Å².